The van der Waals surface area contributed by atoms with Crippen LogP contribution in [0.5, 0.6) is 0 Å². The van der Waals surface area contributed by atoms with Gasteiger partial charge in [0.15, 0.2) is 0 Å². The highest BCUT2D eigenvalue weighted by molar-refractivity contribution is 7.92. The number of hydrogen-bond donors (Lipinski definition) is 2. The first kappa shape index (κ1) is 17.4. The Morgan fingerprint density at radius 3 is 2.44 bits per heavy atom. The zero-order chi connectivity index (χ0) is 17.9. The van der Waals surface area contributed by atoms with E-state index in [1.165, 1.54) is 12.1 Å². The molecule has 7 heteroatoms. The molecule has 1 aliphatic heterocycles. The van der Waals surface area contributed by atoms with Gasteiger partial charge in [0.2, 0.25) is 0 Å². The molecule has 0 saturated carbocycles. The molecule has 1 atom stereocenters. The molecule has 3 rings (SSSR count). The summed E-state index contributed by atoms with van der Waals surface area (Å²) >= 11 is 0. The number of hydrogen-bond acceptors (Lipinski definition) is 4. The van der Waals surface area contributed by atoms with Gasteiger partial charge in [-0.3, -0.25) is 9.52 Å². The fraction of sp³-hybridized carbons (Fsp3) is 0.278. The van der Waals surface area contributed by atoms with Gasteiger partial charge in [0.25, 0.3) is 15.9 Å². The van der Waals surface area contributed by atoms with E-state index in [1.807, 2.05) is 17.9 Å². The lowest BCUT2D eigenvalue weighted by atomic mass is 10.1. The number of nitrogens with zero attached hydrogens (tertiary/aromatic N) is 1. The maximum absolute atomic E-state index is 12.6. The van der Waals surface area contributed by atoms with Crippen LogP contribution in [0, 0.1) is 0 Å². The van der Waals surface area contributed by atoms with Crippen LogP contribution in [0.15, 0.2) is 59.5 Å². The van der Waals surface area contributed by atoms with E-state index in [0.29, 0.717) is 17.8 Å². The molecule has 2 N–H and O–H groups in total. The second kappa shape index (κ2) is 7.25. The zero-order valence-electron chi connectivity index (χ0n) is 14.0. The minimum Gasteiger partial charge on any atom is -0.333 e. The average Bonchev–Trinajstić information content (AvgIpc) is 2.62. The Bertz CT molecular complexity index is 836. The third-order valence-electron chi connectivity index (χ3n) is 4.20. The maximum atomic E-state index is 12.6. The smallest absolute Gasteiger partial charge is 0.261 e. The van der Waals surface area contributed by atoms with Crippen molar-refractivity contribution in [3.05, 3.63) is 60.2 Å². The van der Waals surface area contributed by atoms with Crippen molar-refractivity contribution >= 4 is 21.6 Å². The topological polar surface area (TPSA) is 78.5 Å². The first-order valence-corrected chi connectivity index (χ1v) is 9.65. The SMILES string of the molecule is C[C@@H]1CNCCN1C(=O)c1ccc(S(=O)(=O)Nc2ccccc2)cc1. The number of rotatable bonds is 4. The monoisotopic (exact) mass is 359 g/mol. The molecule has 0 spiro atoms. The van der Waals surface area contributed by atoms with Crippen molar-refractivity contribution < 1.29 is 13.2 Å². The number of nitrogens with one attached hydrogen (secondary N) is 2. The Balaban J connectivity index is 1.76. The third kappa shape index (κ3) is 4.00. The van der Waals surface area contributed by atoms with Gasteiger partial charge in [-0.1, -0.05) is 18.2 Å². The van der Waals surface area contributed by atoms with Gasteiger partial charge in [-0.05, 0) is 43.3 Å². The van der Waals surface area contributed by atoms with E-state index in [9.17, 15) is 13.2 Å². The second-order valence-corrected chi connectivity index (χ2v) is 7.73. The molecule has 0 aliphatic carbocycles. The molecule has 1 heterocycles. The average molecular weight is 359 g/mol. The van der Waals surface area contributed by atoms with Crippen molar-refractivity contribution in [2.45, 2.75) is 17.9 Å². The van der Waals surface area contributed by atoms with Crippen LogP contribution in [-0.2, 0) is 10.0 Å². The molecule has 0 aromatic heterocycles. The Labute approximate surface area is 147 Å². The summed E-state index contributed by atoms with van der Waals surface area (Å²) in [5.41, 5.74) is 0.990. The normalized spacial score (nSPS) is 18.0. The third-order valence-corrected chi connectivity index (χ3v) is 5.60. The molecule has 6 nitrogen and oxygen atoms in total. The van der Waals surface area contributed by atoms with Crippen LogP contribution in [0.1, 0.15) is 17.3 Å². The van der Waals surface area contributed by atoms with Crippen LogP contribution in [0.3, 0.4) is 0 Å². The van der Waals surface area contributed by atoms with Crippen molar-refractivity contribution in [1.29, 1.82) is 0 Å². The highest BCUT2D eigenvalue weighted by Crippen LogP contribution is 2.18. The minimum atomic E-state index is -3.68. The molecule has 0 radical (unpaired) electrons. The van der Waals surface area contributed by atoms with Crippen LogP contribution >= 0.6 is 0 Å². The van der Waals surface area contributed by atoms with Crippen LogP contribution in [0.2, 0.25) is 0 Å². The van der Waals surface area contributed by atoms with Crippen LogP contribution in [0.4, 0.5) is 5.69 Å². The van der Waals surface area contributed by atoms with Gasteiger partial charge in [0.05, 0.1) is 4.90 Å². The highest BCUT2D eigenvalue weighted by Gasteiger charge is 2.24. The lowest BCUT2D eigenvalue weighted by Crippen LogP contribution is -2.52. The Kier molecular flexibility index (Phi) is 5.06. The predicted octanol–water partition coefficient (Wildman–Crippen LogP) is 1.92. The molecule has 132 valence electrons. The largest absolute Gasteiger partial charge is 0.333 e. The number of benzene rings is 2. The number of carbonyl (C=O) groups is 1. The standard InChI is InChI=1S/C18H21N3O3S/c1-14-13-19-11-12-21(14)18(22)15-7-9-17(10-8-15)25(23,24)20-16-5-3-2-4-6-16/h2-10,14,19-20H,11-13H2,1H3/t14-/m1/s1. The predicted molar refractivity (Wildman–Crippen MR) is 97.1 cm³/mol. The van der Waals surface area contributed by atoms with Crippen molar-refractivity contribution in [1.82, 2.24) is 10.2 Å². The first-order valence-electron chi connectivity index (χ1n) is 8.17. The number of sulfonamides is 1. The van der Waals surface area contributed by atoms with E-state index in [2.05, 4.69) is 10.0 Å². The summed E-state index contributed by atoms with van der Waals surface area (Å²) in [6.07, 6.45) is 0. The van der Waals surface area contributed by atoms with Crippen molar-refractivity contribution in [2.75, 3.05) is 24.4 Å². The number of para-hydroxylation sites is 1. The Morgan fingerprint density at radius 1 is 1.12 bits per heavy atom. The summed E-state index contributed by atoms with van der Waals surface area (Å²) in [5, 5.41) is 3.24. The molecule has 0 bridgehead atoms. The van der Waals surface area contributed by atoms with Gasteiger partial charge >= 0.3 is 0 Å². The summed E-state index contributed by atoms with van der Waals surface area (Å²) in [6, 6.07) is 14.9. The first-order chi connectivity index (χ1) is 12.0. The lowest BCUT2D eigenvalue weighted by molar-refractivity contribution is 0.0655. The van der Waals surface area contributed by atoms with Crippen molar-refractivity contribution in [3.63, 3.8) is 0 Å². The van der Waals surface area contributed by atoms with Gasteiger partial charge in [-0.25, -0.2) is 8.42 Å². The van der Waals surface area contributed by atoms with Gasteiger partial charge < -0.3 is 10.2 Å². The molecule has 1 fully saturated rings. The van der Waals surface area contributed by atoms with Crippen LogP contribution < -0.4 is 10.0 Å². The van der Waals surface area contributed by atoms with Crippen molar-refractivity contribution in [3.8, 4) is 0 Å². The van der Waals surface area contributed by atoms with Crippen molar-refractivity contribution in [2.24, 2.45) is 0 Å². The maximum Gasteiger partial charge on any atom is 0.261 e. The number of carbonyl (C=O) groups excluding carboxylic acids is 1. The Hall–Kier alpha value is -2.38. The van der Waals surface area contributed by atoms with Gasteiger partial charge in [-0.2, -0.15) is 0 Å². The molecule has 1 aliphatic rings. The molecule has 2 aromatic carbocycles. The van der Waals surface area contributed by atoms with E-state index < -0.39 is 10.0 Å². The number of anilines is 1. The molecule has 1 saturated heterocycles. The number of piperazine rings is 1. The summed E-state index contributed by atoms with van der Waals surface area (Å²) in [6.45, 7) is 4.17. The van der Waals surface area contributed by atoms with Crippen LogP contribution in [0.25, 0.3) is 0 Å². The van der Waals surface area contributed by atoms with Gasteiger partial charge in [0.1, 0.15) is 0 Å². The molecule has 2 aromatic rings. The molecule has 25 heavy (non-hydrogen) atoms. The van der Waals surface area contributed by atoms with E-state index in [0.717, 1.165) is 13.1 Å². The molecular formula is C18H21N3O3S. The Morgan fingerprint density at radius 2 is 1.80 bits per heavy atom. The molecule has 1 amide bonds. The summed E-state index contributed by atoms with van der Waals surface area (Å²) in [5.74, 6) is -0.0750. The number of amides is 1. The lowest BCUT2D eigenvalue weighted by Gasteiger charge is -2.34. The van der Waals surface area contributed by atoms with E-state index in [-0.39, 0.29) is 16.8 Å². The quantitative estimate of drug-likeness (QED) is 0.874. The summed E-state index contributed by atoms with van der Waals surface area (Å²) < 4.78 is 27.4. The molecular weight excluding hydrogens is 338 g/mol. The molecule has 0 unspecified atom stereocenters. The zero-order valence-corrected chi connectivity index (χ0v) is 14.8. The summed E-state index contributed by atoms with van der Waals surface area (Å²) in [4.78, 5) is 14.5. The fourth-order valence-electron chi connectivity index (χ4n) is 2.81. The van der Waals surface area contributed by atoms with E-state index >= 15 is 0 Å². The van der Waals surface area contributed by atoms with Gasteiger partial charge in [-0.15, -0.1) is 0 Å². The fourth-order valence-corrected chi connectivity index (χ4v) is 3.86. The highest BCUT2D eigenvalue weighted by atomic mass is 32.2. The van der Waals surface area contributed by atoms with Crippen LogP contribution in [-0.4, -0.2) is 44.9 Å². The van der Waals surface area contributed by atoms with E-state index in [1.54, 1.807) is 36.4 Å². The van der Waals surface area contributed by atoms with Gasteiger partial charge in [0, 0.05) is 36.9 Å². The second-order valence-electron chi connectivity index (χ2n) is 6.05. The summed E-state index contributed by atoms with van der Waals surface area (Å²) in [7, 11) is -3.68. The minimum absolute atomic E-state index is 0.0750. The van der Waals surface area contributed by atoms with E-state index in [4.69, 9.17) is 0 Å².